The van der Waals surface area contributed by atoms with E-state index in [4.69, 9.17) is 10.5 Å². The molecule has 3 N–H and O–H groups in total. The molecule has 0 aliphatic rings. The first-order chi connectivity index (χ1) is 10.2. The molecule has 5 nitrogen and oxygen atoms in total. The van der Waals surface area contributed by atoms with Crippen molar-refractivity contribution >= 4 is 5.69 Å². The van der Waals surface area contributed by atoms with Crippen molar-refractivity contribution in [3.05, 3.63) is 65.0 Å². The second-order valence-electron chi connectivity index (χ2n) is 4.58. The highest BCUT2D eigenvalue weighted by atomic mass is 16.5. The van der Waals surface area contributed by atoms with Crippen LogP contribution in [0.4, 0.5) is 5.69 Å². The second kappa shape index (κ2) is 5.20. The van der Waals surface area contributed by atoms with E-state index < -0.39 is 0 Å². The summed E-state index contributed by atoms with van der Waals surface area (Å²) in [7, 11) is 1.56. The molecular formula is C16H15N3O2. The number of hydrogen-bond donors (Lipinski definition) is 2. The standard InChI is InChI=1S/C16H15N3O2/c1-21-13-10-6-5-9-12(13)19-16(20)14(17)15(18-19)11-7-3-2-4-8-11/h2-10,18H,17H2,1H3. The Kier molecular flexibility index (Phi) is 3.23. The van der Waals surface area contributed by atoms with Gasteiger partial charge in [0.15, 0.2) is 0 Å². The van der Waals surface area contributed by atoms with Crippen molar-refractivity contribution in [3.8, 4) is 22.7 Å². The number of nitrogen functional groups attached to an aromatic ring is 1. The molecule has 0 aliphatic carbocycles. The number of nitrogens with two attached hydrogens (primary N) is 1. The fourth-order valence-corrected chi connectivity index (χ4v) is 2.26. The number of nitrogens with zero attached hydrogens (tertiary/aromatic N) is 1. The van der Waals surface area contributed by atoms with E-state index >= 15 is 0 Å². The van der Waals surface area contributed by atoms with Crippen LogP contribution in [-0.2, 0) is 0 Å². The van der Waals surface area contributed by atoms with Crippen LogP contribution in [0, 0.1) is 0 Å². The lowest BCUT2D eigenvalue weighted by Gasteiger charge is -2.07. The molecule has 0 radical (unpaired) electrons. The quantitative estimate of drug-likeness (QED) is 0.774. The summed E-state index contributed by atoms with van der Waals surface area (Å²) in [5, 5.41) is 3.06. The molecule has 3 aromatic rings. The fraction of sp³-hybridized carbons (Fsp3) is 0.0625. The Bertz CT molecular complexity index is 819. The number of H-pyrrole nitrogens is 1. The van der Waals surface area contributed by atoms with E-state index in [1.54, 1.807) is 19.2 Å². The van der Waals surface area contributed by atoms with Crippen LogP contribution < -0.4 is 16.0 Å². The number of para-hydroxylation sites is 2. The molecule has 0 atom stereocenters. The number of nitrogens with one attached hydrogen (secondary N) is 1. The van der Waals surface area contributed by atoms with Crippen LogP contribution in [-0.4, -0.2) is 16.9 Å². The van der Waals surface area contributed by atoms with Gasteiger partial charge in [0.05, 0.1) is 12.8 Å². The monoisotopic (exact) mass is 281 g/mol. The van der Waals surface area contributed by atoms with E-state index in [-0.39, 0.29) is 11.2 Å². The Hall–Kier alpha value is -2.95. The molecule has 1 aromatic heterocycles. The number of rotatable bonds is 3. The molecule has 0 spiro atoms. The number of methoxy groups -OCH3 is 1. The third-order valence-corrected chi connectivity index (χ3v) is 3.31. The summed E-state index contributed by atoms with van der Waals surface area (Å²) in [6, 6.07) is 16.8. The zero-order valence-electron chi connectivity index (χ0n) is 11.5. The number of benzene rings is 2. The minimum Gasteiger partial charge on any atom is -0.494 e. The van der Waals surface area contributed by atoms with Crippen molar-refractivity contribution in [2.75, 3.05) is 12.8 Å². The first kappa shape index (κ1) is 13.1. The fourth-order valence-electron chi connectivity index (χ4n) is 2.26. The summed E-state index contributed by atoms with van der Waals surface area (Å²) in [5.74, 6) is 0.598. The van der Waals surface area contributed by atoms with Crippen LogP contribution in [0.1, 0.15) is 0 Å². The molecule has 0 saturated carbocycles. The van der Waals surface area contributed by atoms with Gasteiger partial charge in [-0.05, 0) is 12.1 Å². The first-order valence-electron chi connectivity index (χ1n) is 6.51. The van der Waals surface area contributed by atoms with Gasteiger partial charge in [0.2, 0.25) is 0 Å². The molecule has 0 fully saturated rings. The maximum absolute atomic E-state index is 12.4. The molecular weight excluding hydrogens is 266 g/mol. The van der Waals surface area contributed by atoms with Gasteiger partial charge in [-0.1, -0.05) is 42.5 Å². The topological polar surface area (TPSA) is 73.0 Å². The molecule has 0 unspecified atom stereocenters. The van der Waals surface area contributed by atoms with E-state index in [1.165, 1.54) is 4.68 Å². The summed E-state index contributed by atoms with van der Waals surface area (Å²) < 4.78 is 6.69. The molecule has 2 aromatic carbocycles. The summed E-state index contributed by atoms with van der Waals surface area (Å²) in [6.07, 6.45) is 0. The first-order valence-corrected chi connectivity index (χ1v) is 6.51. The molecule has 21 heavy (non-hydrogen) atoms. The lowest BCUT2D eigenvalue weighted by Crippen LogP contribution is -2.17. The molecule has 106 valence electrons. The van der Waals surface area contributed by atoms with Gasteiger partial charge >= 0.3 is 0 Å². The number of aromatic nitrogens is 2. The van der Waals surface area contributed by atoms with E-state index in [0.29, 0.717) is 17.1 Å². The highest BCUT2D eigenvalue weighted by Crippen LogP contribution is 2.25. The van der Waals surface area contributed by atoms with Crippen molar-refractivity contribution in [2.24, 2.45) is 0 Å². The maximum Gasteiger partial charge on any atom is 0.295 e. The average molecular weight is 281 g/mol. The summed E-state index contributed by atoms with van der Waals surface area (Å²) in [6.45, 7) is 0. The third kappa shape index (κ3) is 2.18. The molecule has 0 aliphatic heterocycles. The Morgan fingerprint density at radius 3 is 2.43 bits per heavy atom. The highest BCUT2D eigenvalue weighted by molar-refractivity contribution is 5.72. The largest absolute Gasteiger partial charge is 0.494 e. The predicted molar refractivity (Wildman–Crippen MR) is 82.8 cm³/mol. The molecule has 0 amide bonds. The van der Waals surface area contributed by atoms with Gasteiger partial charge in [0, 0.05) is 5.56 Å². The van der Waals surface area contributed by atoms with Crippen molar-refractivity contribution in [3.63, 3.8) is 0 Å². The van der Waals surface area contributed by atoms with Crippen molar-refractivity contribution < 1.29 is 4.74 Å². The average Bonchev–Trinajstić information content (AvgIpc) is 2.84. The van der Waals surface area contributed by atoms with Gasteiger partial charge in [-0.2, -0.15) is 0 Å². The van der Waals surface area contributed by atoms with Crippen LogP contribution in [0.25, 0.3) is 16.9 Å². The van der Waals surface area contributed by atoms with Gasteiger partial charge in [0.25, 0.3) is 5.56 Å². The SMILES string of the molecule is COc1ccccc1-n1[nH]c(-c2ccccc2)c(N)c1=O. The Balaban J connectivity index is 2.20. The normalized spacial score (nSPS) is 10.5. The lowest BCUT2D eigenvalue weighted by atomic mass is 10.1. The van der Waals surface area contributed by atoms with E-state index in [2.05, 4.69) is 5.10 Å². The Morgan fingerprint density at radius 1 is 1.05 bits per heavy atom. The molecule has 0 bridgehead atoms. The van der Waals surface area contributed by atoms with Gasteiger partial charge in [-0.25, -0.2) is 4.68 Å². The van der Waals surface area contributed by atoms with Crippen molar-refractivity contribution in [1.82, 2.24) is 9.78 Å². The van der Waals surface area contributed by atoms with E-state index in [9.17, 15) is 4.79 Å². The zero-order chi connectivity index (χ0) is 14.8. The lowest BCUT2D eigenvalue weighted by molar-refractivity contribution is 0.411. The van der Waals surface area contributed by atoms with Crippen LogP contribution in [0.5, 0.6) is 5.75 Å². The number of aromatic amines is 1. The predicted octanol–water partition coefficient (Wildman–Crippen LogP) is 2.42. The van der Waals surface area contributed by atoms with Crippen molar-refractivity contribution in [2.45, 2.75) is 0 Å². The summed E-state index contributed by atoms with van der Waals surface area (Å²) in [5.41, 5.74) is 7.94. The number of anilines is 1. The molecule has 1 heterocycles. The molecule has 0 saturated heterocycles. The zero-order valence-corrected chi connectivity index (χ0v) is 11.5. The Labute approximate surface area is 121 Å². The highest BCUT2D eigenvalue weighted by Gasteiger charge is 2.15. The van der Waals surface area contributed by atoms with Gasteiger partial charge in [0.1, 0.15) is 17.1 Å². The van der Waals surface area contributed by atoms with Gasteiger partial charge in [-0.3, -0.25) is 9.89 Å². The number of hydrogen-bond acceptors (Lipinski definition) is 3. The van der Waals surface area contributed by atoms with Crippen LogP contribution in [0.15, 0.2) is 59.4 Å². The summed E-state index contributed by atoms with van der Waals surface area (Å²) in [4.78, 5) is 12.4. The molecule has 5 heteroatoms. The van der Waals surface area contributed by atoms with Crippen molar-refractivity contribution in [1.29, 1.82) is 0 Å². The van der Waals surface area contributed by atoms with Crippen LogP contribution >= 0.6 is 0 Å². The minimum absolute atomic E-state index is 0.187. The van der Waals surface area contributed by atoms with Gasteiger partial charge < -0.3 is 10.5 Å². The second-order valence-corrected chi connectivity index (χ2v) is 4.58. The third-order valence-electron chi connectivity index (χ3n) is 3.31. The van der Waals surface area contributed by atoms with E-state index in [0.717, 1.165) is 5.56 Å². The molecule has 3 rings (SSSR count). The Morgan fingerprint density at radius 2 is 1.71 bits per heavy atom. The van der Waals surface area contributed by atoms with Gasteiger partial charge in [-0.15, -0.1) is 0 Å². The maximum atomic E-state index is 12.4. The number of ether oxygens (including phenoxy) is 1. The summed E-state index contributed by atoms with van der Waals surface area (Å²) >= 11 is 0. The smallest absolute Gasteiger partial charge is 0.295 e. The van der Waals surface area contributed by atoms with Crippen LogP contribution in [0.2, 0.25) is 0 Å². The minimum atomic E-state index is -0.293. The van der Waals surface area contributed by atoms with Crippen LogP contribution in [0.3, 0.4) is 0 Å². The van der Waals surface area contributed by atoms with E-state index in [1.807, 2.05) is 42.5 Å².